The van der Waals surface area contributed by atoms with Crippen LogP contribution in [0.15, 0.2) is 48.7 Å². The molecule has 2 aromatic rings. The number of hydrogen-bond acceptors (Lipinski definition) is 4. The molecule has 4 N–H and O–H groups in total. The Morgan fingerprint density at radius 1 is 1.12 bits per heavy atom. The molecule has 17 heavy (non-hydrogen) atoms. The Labute approximate surface area is 101 Å². The minimum Gasteiger partial charge on any atom is -0.385 e. The average molecular weight is 228 g/mol. The van der Waals surface area contributed by atoms with Gasteiger partial charge in [-0.2, -0.15) is 0 Å². The maximum atomic E-state index is 5.30. The predicted octanol–water partition coefficient (Wildman–Crippen LogP) is 2.02. The number of nitrogens with one attached hydrogen (secondary N) is 2. The van der Waals surface area contributed by atoms with Gasteiger partial charge in [-0.15, -0.1) is 0 Å². The third-order valence-electron chi connectivity index (χ3n) is 2.49. The summed E-state index contributed by atoms with van der Waals surface area (Å²) in [6.45, 7) is 0.887. The number of pyridine rings is 1. The molecule has 0 aliphatic carbocycles. The number of anilines is 2. The zero-order valence-electron chi connectivity index (χ0n) is 9.56. The van der Waals surface area contributed by atoms with E-state index < -0.39 is 0 Å². The Hall–Kier alpha value is -2.07. The van der Waals surface area contributed by atoms with Crippen LogP contribution in [0, 0.1) is 0 Å². The highest BCUT2D eigenvalue weighted by Crippen LogP contribution is 2.10. The molecule has 0 aliphatic rings. The molecular formula is C13H16N4. The van der Waals surface area contributed by atoms with Crippen LogP contribution in [0.4, 0.5) is 11.5 Å². The van der Waals surface area contributed by atoms with Crippen LogP contribution in [-0.2, 0) is 6.42 Å². The first kappa shape index (κ1) is 11.4. The highest BCUT2D eigenvalue weighted by Gasteiger charge is 1.95. The van der Waals surface area contributed by atoms with Crippen LogP contribution in [0.25, 0.3) is 0 Å². The highest BCUT2D eigenvalue weighted by atomic mass is 15.2. The van der Waals surface area contributed by atoms with Crippen molar-refractivity contribution in [1.29, 1.82) is 0 Å². The maximum Gasteiger partial charge on any atom is 0.141 e. The van der Waals surface area contributed by atoms with Gasteiger partial charge < -0.3 is 10.7 Å². The lowest BCUT2D eigenvalue weighted by Gasteiger charge is -2.07. The Balaban J connectivity index is 1.86. The highest BCUT2D eigenvalue weighted by molar-refractivity contribution is 5.51. The van der Waals surface area contributed by atoms with Crippen LogP contribution in [0.3, 0.4) is 0 Å². The molecule has 0 unspecified atom stereocenters. The van der Waals surface area contributed by atoms with Crippen LogP contribution in [-0.4, -0.2) is 11.5 Å². The van der Waals surface area contributed by atoms with Gasteiger partial charge in [-0.3, -0.25) is 0 Å². The van der Waals surface area contributed by atoms with Gasteiger partial charge in [0.25, 0.3) is 0 Å². The SMILES string of the molecule is NNc1cc(NCCc2ccccc2)ccn1. The van der Waals surface area contributed by atoms with Crippen LogP contribution < -0.4 is 16.6 Å². The first-order chi connectivity index (χ1) is 8.38. The lowest BCUT2D eigenvalue weighted by Crippen LogP contribution is -2.10. The maximum absolute atomic E-state index is 5.30. The Kier molecular flexibility index (Phi) is 3.94. The van der Waals surface area contributed by atoms with Gasteiger partial charge in [-0.05, 0) is 18.1 Å². The van der Waals surface area contributed by atoms with Gasteiger partial charge in [-0.25, -0.2) is 10.8 Å². The van der Waals surface area contributed by atoms with Crippen molar-refractivity contribution in [2.75, 3.05) is 17.3 Å². The summed E-state index contributed by atoms with van der Waals surface area (Å²) in [6.07, 6.45) is 2.72. The first-order valence-electron chi connectivity index (χ1n) is 5.59. The zero-order chi connectivity index (χ0) is 11.9. The summed E-state index contributed by atoms with van der Waals surface area (Å²) in [7, 11) is 0. The van der Waals surface area contributed by atoms with E-state index in [0.29, 0.717) is 5.82 Å². The van der Waals surface area contributed by atoms with Gasteiger partial charge in [-0.1, -0.05) is 30.3 Å². The number of aromatic nitrogens is 1. The van der Waals surface area contributed by atoms with Crippen molar-refractivity contribution in [2.24, 2.45) is 5.84 Å². The molecule has 0 radical (unpaired) electrons. The molecule has 0 amide bonds. The monoisotopic (exact) mass is 228 g/mol. The van der Waals surface area contributed by atoms with E-state index in [1.807, 2.05) is 18.2 Å². The van der Waals surface area contributed by atoms with Gasteiger partial charge in [0.2, 0.25) is 0 Å². The zero-order valence-corrected chi connectivity index (χ0v) is 9.56. The van der Waals surface area contributed by atoms with Crippen molar-refractivity contribution in [3.8, 4) is 0 Å². The smallest absolute Gasteiger partial charge is 0.141 e. The van der Waals surface area contributed by atoms with E-state index in [1.165, 1.54) is 5.56 Å². The van der Waals surface area contributed by atoms with Crippen LogP contribution in [0.1, 0.15) is 5.56 Å². The summed E-state index contributed by atoms with van der Waals surface area (Å²) < 4.78 is 0. The third kappa shape index (κ3) is 3.46. The lowest BCUT2D eigenvalue weighted by atomic mass is 10.1. The average Bonchev–Trinajstić information content (AvgIpc) is 2.40. The predicted molar refractivity (Wildman–Crippen MR) is 70.7 cm³/mol. The van der Waals surface area contributed by atoms with E-state index in [1.54, 1.807) is 6.20 Å². The van der Waals surface area contributed by atoms with E-state index in [4.69, 9.17) is 5.84 Å². The van der Waals surface area contributed by atoms with Gasteiger partial charge in [0.1, 0.15) is 5.82 Å². The Bertz CT molecular complexity index is 456. The molecule has 0 saturated heterocycles. The molecule has 0 saturated carbocycles. The summed E-state index contributed by atoms with van der Waals surface area (Å²) in [5, 5.41) is 3.33. The van der Waals surface area contributed by atoms with Gasteiger partial charge in [0.05, 0.1) is 0 Å². The molecule has 0 bridgehead atoms. The number of benzene rings is 1. The molecule has 0 spiro atoms. The van der Waals surface area contributed by atoms with Crippen molar-refractivity contribution in [3.05, 3.63) is 54.2 Å². The van der Waals surface area contributed by atoms with Crippen molar-refractivity contribution in [1.82, 2.24) is 4.98 Å². The quantitative estimate of drug-likeness (QED) is 0.541. The summed E-state index contributed by atoms with van der Waals surface area (Å²) in [5.74, 6) is 5.96. The lowest BCUT2D eigenvalue weighted by molar-refractivity contribution is 1.02. The molecule has 0 fully saturated rings. The molecule has 1 aromatic carbocycles. The molecule has 4 nitrogen and oxygen atoms in total. The van der Waals surface area contributed by atoms with Crippen molar-refractivity contribution in [2.45, 2.75) is 6.42 Å². The van der Waals surface area contributed by atoms with Gasteiger partial charge >= 0.3 is 0 Å². The number of nitrogens with zero attached hydrogens (tertiary/aromatic N) is 1. The number of nitrogen functional groups attached to an aromatic ring is 1. The van der Waals surface area contributed by atoms with Crippen molar-refractivity contribution in [3.63, 3.8) is 0 Å². The fraction of sp³-hybridized carbons (Fsp3) is 0.154. The van der Waals surface area contributed by atoms with E-state index in [0.717, 1.165) is 18.7 Å². The second kappa shape index (κ2) is 5.86. The van der Waals surface area contributed by atoms with Crippen molar-refractivity contribution < 1.29 is 0 Å². The van der Waals surface area contributed by atoms with Crippen LogP contribution in [0.5, 0.6) is 0 Å². The topological polar surface area (TPSA) is 63.0 Å². The summed E-state index contributed by atoms with van der Waals surface area (Å²) in [5.41, 5.74) is 4.87. The normalized spacial score (nSPS) is 9.94. The second-order valence-corrected chi connectivity index (χ2v) is 3.74. The number of nitrogens with two attached hydrogens (primary N) is 1. The third-order valence-corrected chi connectivity index (χ3v) is 2.49. The fourth-order valence-electron chi connectivity index (χ4n) is 1.62. The van der Waals surface area contributed by atoms with E-state index in [9.17, 15) is 0 Å². The van der Waals surface area contributed by atoms with Crippen molar-refractivity contribution >= 4 is 11.5 Å². The molecule has 0 aliphatic heterocycles. The number of hydrazine groups is 1. The van der Waals surface area contributed by atoms with Crippen LogP contribution in [0.2, 0.25) is 0 Å². The Morgan fingerprint density at radius 2 is 1.94 bits per heavy atom. The summed E-state index contributed by atoms with van der Waals surface area (Å²) >= 11 is 0. The number of rotatable bonds is 5. The molecule has 2 rings (SSSR count). The molecule has 4 heteroatoms. The van der Waals surface area contributed by atoms with E-state index in [-0.39, 0.29) is 0 Å². The standard InChI is InChI=1S/C13H16N4/c14-17-13-10-12(7-9-16-13)15-8-6-11-4-2-1-3-5-11/h1-5,7,9-10H,6,8,14H2,(H2,15,16,17). The first-order valence-corrected chi connectivity index (χ1v) is 5.59. The number of hydrogen-bond donors (Lipinski definition) is 3. The Morgan fingerprint density at radius 3 is 2.71 bits per heavy atom. The van der Waals surface area contributed by atoms with Gasteiger partial charge in [0, 0.05) is 24.5 Å². The second-order valence-electron chi connectivity index (χ2n) is 3.74. The minimum absolute atomic E-state index is 0.662. The van der Waals surface area contributed by atoms with E-state index in [2.05, 4.69) is 40.0 Å². The summed E-state index contributed by atoms with van der Waals surface area (Å²) in [6, 6.07) is 14.2. The molecule has 0 atom stereocenters. The van der Waals surface area contributed by atoms with E-state index >= 15 is 0 Å². The van der Waals surface area contributed by atoms with Gasteiger partial charge in [0.15, 0.2) is 0 Å². The largest absolute Gasteiger partial charge is 0.385 e. The molecule has 88 valence electrons. The minimum atomic E-state index is 0.662. The molecular weight excluding hydrogens is 212 g/mol. The fourth-order valence-corrected chi connectivity index (χ4v) is 1.62. The molecule has 1 aromatic heterocycles. The molecule has 1 heterocycles. The summed E-state index contributed by atoms with van der Waals surface area (Å²) in [4.78, 5) is 4.05. The van der Waals surface area contributed by atoms with Crippen LogP contribution >= 0.6 is 0 Å².